The van der Waals surface area contributed by atoms with Crippen molar-refractivity contribution in [2.24, 2.45) is 11.7 Å². The number of benzene rings is 1. The van der Waals surface area contributed by atoms with E-state index in [4.69, 9.17) is 5.73 Å². The molecule has 1 amide bonds. The SMILES string of the molecule is Cc1ccc(NC(=O)CCC(C)CN)cc1F. The first-order chi connectivity index (χ1) is 8.02. The summed E-state index contributed by atoms with van der Waals surface area (Å²) in [4.78, 5) is 11.6. The van der Waals surface area contributed by atoms with E-state index < -0.39 is 0 Å². The van der Waals surface area contributed by atoms with Crippen molar-refractivity contribution >= 4 is 11.6 Å². The Balaban J connectivity index is 2.48. The molecule has 0 saturated carbocycles. The number of hydrogen-bond donors (Lipinski definition) is 2. The van der Waals surface area contributed by atoms with E-state index in [1.54, 1.807) is 19.1 Å². The van der Waals surface area contributed by atoms with Crippen LogP contribution in [0, 0.1) is 18.7 Å². The van der Waals surface area contributed by atoms with Crippen LogP contribution in [0.4, 0.5) is 10.1 Å². The van der Waals surface area contributed by atoms with E-state index in [0.29, 0.717) is 30.1 Å². The molecule has 0 spiro atoms. The maximum atomic E-state index is 13.2. The molecule has 0 fully saturated rings. The van der Waals surface area contributed by atoms with Crippen LogP contribution in [0.15, 0.2) is 18.2 Å². The largest absolute Gasteiger partial charge is 0.330 e. The van der Waals surface area contributed by atoms with Gasteiger partial charge in [-0.05, 0) is 43.5 Å². The van der Waals surface area contributed by atoms with Crippen LogP contribution in [0.3, 0.4) is 0 Å². The molecule has 0 heterocycles. The number of amides is 1. The summed E-state index contributed by atoms with van der Waals surface area (Å²) in [6.45, 7) is 4.26. The molecule has 1 aromatic carbocycles. The van der Waals surface area contributed by atoms with E-state index in [1.165, 1.54) is 6.07 Å². The Morgan fingerprint density at radius 1 is 1.53 bits per heavy atom. The molecule has 1 atom stereocenters. The minimum atomic E-state index is -0.307. The lowest BCUT2D eigenvalue weighted by Gasteiger charge is -2.09. The second kappa shape index (κ2) is 6.35. The zero-order valence-electron chi connectivity index (χ0n) is 10.3. The minimum Gasteiger partial charge on any atom is -0.330 e. The van der Waals surface area contributed by atoms with Crippen LogP contribution >= 0.6 is 0 Å². The van der Waals surface area contributed by atoms with E-state index in [2.05, 4.69) is 5.32 Å². The summed E-state index contributed by atoms with van der Waals surface area (Å²) >= 11 is 0. The lowest BCUT2D eigenvalue weighted by molar-refractivity contribution is -0.116. The molecule has 1 unspecified atom stereocenters. The van der Waals surface area contributed by atoms with E-state index in [0.717, 1.165) is 6.42 Å². The number of halogens is 1. The van der Waals surface area contributed by atoms with Gasteiger partial charge < -0.3 is 11.1 Å². The summed E-state index contributed by atoms with van der Waals surface area (Å²) in [5.41, 5.74) is 6.53. The van der Waals surface area contributed by atoms with Crippen molar-refractivity contribution in [2.45, 2.75) is 26.7 Å². The van der Waals surface area contributed by atoms with E-state index >= 15 is 0 Å². The molecule has 0 saturated heterocycles. The number of carbonyl (C=O) groups is 1. The molecule has 3 N–H and O–H groups in total. The first kappa shape index (κ1) is 13.6. The third kappa shape index (κ3) is 4.53. The molecule has 0 aromatic heterocycles. The molecular formula is C13H19FN2O. The fourth-order valence-corrected chi connectivity index (χ4v) is 1.39. The molecule has 0 aliphatic rings. The number of rotatable bonds is 5. The van der Waals surface area contributed by atoms with Crippen molar-refractivity contribution in [3.8, 4) is 0 Å². The molecule has 0 aliphatic heterocycles. The number of nitrogens with one attached hydrogen (secondary N) is 1. The van der Waals surface area contributed by atoms with Crippen LogP contribution in [-0.2, 0) is 4.79 Å². The Bertz CT molecular complexity index is 393. The zero-order chi connectivity index (χ0) is 12.8. The molecule has 3 nitrogen and oxygen atoms in total. The molecule has 0 aliphatic carbocycles. The molecular weight excluding hydrogens is 219 g/mol. The molecule has 0 radical (unpaired) electrons. The van der Waals surface area contributed by atoms with Gasteiger partial charge in [0.05, 0.1) is 0 Å². The molecule has 1 aromatic rings. The number of aryl methyl sites for hydroxylation is 1. The van der Waals surface area contributed by atoms with Gasteiger partial charge in [-0.2, -0.15) is 0 Å². The van der Waals surface area contributed by atoms with Gasteiger partial charge in [-0.3, -0.25) is 4.79 Å². The van der Waals surface area contributed by atoms with Gasteiger partial charge >= 0.3 is 0 Å². The van der Waals surface area contributed by atoms with Crippen LogP contribution < -0.4 is 11.1 Å². The van der Waals surface area contributed by atoms with Crippen LogP contribution in [0.5, 0.6) is 0 Å². The van der Waals surface area contributed by atoms with E-state index in [-0.39, 0.29) is 11.7 Å². The fourth-order valence-electron chi connectivity index (χ4n) is 1.39. The first-order valence-electron chi connectivity index (χ1n) is 5.79. The van der Waals surface area contributed by atoms with Gasteiger partial charge in [0.1, 0.15) is 5.82 Å². The Kier molecular flexibility index (Phi) is 5.10. The van der Waals surface area contributed by atoms with Crippen LogP contribution in [0.25, 0.3) is 0 Å². The zero-order valence-corrected chi connectivity index (χ0v) is 10.3. The van der Waals surface area contributed by atoms with Crippen molar-refractivity contribution in [2.75, 3.05) is 11.9 Å². The standard InChI is InChI=1S/C13H19FN2O/c1-9(8-15)3-6-13(17)16-11-5-4-10(2)12(14)7-11/h4-5,7,9H,3,6,8,15H2,1-2H3,(H,16,17). The number of hydrogen-bond acceptors (Lipinski definition) is 2. The van der Waals surface area contributed by atoms with Crippen LogP contribution in [-0.4, -0.2) is 12.5 Å². The fraction of sp³-hybridized carbons (Fsp3) is 0.462. The quantitative estimate of drug-likeness (QED) is 0.827. The average Bonchev–Trinajstić information content (AvgIpc) is 2.31. The first-order valence-corrected chi connectivity index (χ1v) is 5.79. The molecule has 4 heteroatoms. The lowest BCUT2D eigenvalue weighted by Crippen LogP contribution is -2.16. The van der Waals surface area contributed by atoms with Crippen molar-refractivity contribution in [1.29, 1.82) is 0 Å². The third-order valence-electron chi connectivity index (χ3n) is 2.72. The van der Waals surface area contributed by atoms with Gasteiger partial charge in [-0.25, -0.2) is 4.39 Å². The monoisotopic (exact) mass is 238 g/mol. The van der Waals surface area contributed by atoms with Crippen LogP contribution in [0.2, 0.25) is 0 Å². The van der Waals surface area contributed by atoms with Gasteiger partial charge in [0, 0.05) is 12.1 Å². The third-order valence-corrected chi connectivity index (χ3v) is 2.72. The maximum absolute atomic E-state index is 13.2. The number of anilines is 1. The van der Waals surface area contributed by atoms with Gasteiger partial charge in [-0.1, -0.05) is 13.0 Å². The van der Waals surface area contributed by atoms with Gasteiger partial charge in [0.25, 0.3) is 0 Å². The Hall–Kier alpha value is -1.42. The molecule has 94 valence electrons. The minimum absolute atomic E-state index is 0.103. The van der Waals surface area contributed by atoms with Gasteiger partial charge in [-0.15, -0.1) is 0 Å². The summed E-state index contributed by atoms with van der Waals surface area (Å²) < 4.78 is 13.2. The van der Waals surface area contributed by atoms with Gasteiger partial charge in [0.15, 0.2) is 0 Å². The second-order valence-electron chi connectivity index (χ2n) is 4.39. The average molecular weight is 238 g/mol. The lowest BCUT2D eigenvalue weighted by atomic mass is 10.1. The Morgan fingerprint density at radius 2 is 2.24 bits per heavy atom. The predicted octanol–water partition coefficient (Wildman–Crippen LogP) is 2.45. The summed E-state index contributed by atoms with van der Waals surface area (Å²) in [5, 5.41) is 2.67. The summed E-state index contributed by atoms with van der Waals surface area (Å²) in [6, 6.07) is 4.68. The second-order valence-corrected chi connectivity index (χ2v) is 4.39. The van der Waals surface area contributed by atoms with Crippen molar-refractivity contribution in [3.05, 3.63) is 29.6 Å². The van der Waals surface area contributed by atoms with Crippen molar-refractivity contribution in [3.63, 3.8) is 0 Å². The van der Waals surface area contributed by atoms with E-state index in [1.807, 2.05) is 6.92 Å². The topological polar surface area (TPSA) is 55.1 Å². The summed E-state index contributed by atoms with van der Waals surface area (Å²) in [7, 11) is 0. The summed E-state index contributed by atoms with van der Waals surface area (Å²) in [5.74, 6) is -0.0813. The highest BCUT2D eigenvalue weighted by atomic mass is 19.1. The molecule has 1 rings (SSSR count). The highest BCUT2D eigenvalue weighted by molar-refractivity contribution is 5.90. The maximum Gasteiger partial charge on any atom is 0.224 e. The van der Waals surface area contributed by atoms with Crippen LogP contribution in [0.1, 0.15) is 25.3 Å². The molecule has 0 bridgehead atoms. The normalized spacial score (nSPS) is 12.2. The highest BCUT2D eigenvalue weighted by Gasteiger charge is 2.07. The smallest absolute Gasteiger partial charge is 0.224 e. The Morgan fingerprint density at radius 3 is 2.82 bits per heavy atom. The number of nitrogens with two attached hydrogens (primary N) is 1. The molecule has 17 heavy (non-hydrogen) atoms. The summed E-state index contributed by atoms with van der Waals surface area (Å²) in [6.07, 6.45) is 1.16. The predicted molar refractivity (Wildman–Crippen MR) is 67.2 cm³/mol. The van der Waals surface area contributed by atoms with Crippen molar-refractivity contribution in [1.82, 2.24) is 0 Å². The van der Waals surface area contributed by atoms with Crippen molar-refractivity contribution < 1.29 is 9.18 Å². The van der Waals surface area contributed by atoms with Gasteiger partial charge in [0.2, 0.25) is 5.91 Å². The van der Waals surface area contributed by atoms with E-state index in [9.17, 15) is 9.18 Å². The number of carbonyl (C=O) groups excluding carboxylic acids is 1. The Labute approximate surface area is 101 Å². The highest BCUT2D eigenvalue weighted by Crippen LogP contribution is 2.14.